The minimum atomic E-state index is -0.150. The molecule has 0 fully saturated rings. The fraction of sp³-hybridized carbons (Fsp3) is 0.261. The summed E-state index contributed by atoms with van der Waals surface area (Å²) >= 11 is 1.48. The fourth-order valence-electron chi connectivity index (χ4n) is 3.67. The van der Waals surface area contributed by atoms with Crippen LogP contribution in [0.1, 0.15) is 28.2 Å². The molecule has 0 spiro atoms. The zero-order valence-corrected chi connectivity index (χ0v) is 17.4. The molecular formula is C23H22N2O4S. The average Bonchev–Trinajstić information content (AvgIpc) is 3.28. The van der Waals surface area contributed by atoms with Crippen LogP contribution in [-0.2, 0) is 0 Å². The zero-order chi connectivity index (χ0) is 20.5. The van der Waals surface area contributed by atoms with E-state index in [0.29, 0.717) is 24.7 Å². The van der Waals surface area contributed by atoms with Gasteiger partial charge in [0.2, 0.25) is 0 Å². The molecule has 2 aliphatic rings. The summed E-state index contributed by atoms with van der Waals surface area (Å²) in [5.41, 5.74) is 2.01. The lowest BCUT2D eigenvalue weighted by atomic mass is 10.1. The molecule has 1 N–H and O–H groups in total. The summed E-state index contributed by atoms with van der Waals surface area (Å²) < 4.78 is 17.0. The van der Waals surface area contributed by atoms with Crippen molar-refractivity contribution in [2.75, 3.05) is 31.3 Å². The van der Waals surface area contributed by atoms with Gasteiger partial charge < -0.3 is 24.4 Å². The van der Waals surface area contributed by atoms with Gasteiger partial charge in [-0.3, -0.25) is 4.79 Å². The van der Waals surface area contributed by atoms with E-state index in [-0.39, 0.29) is 11.9 Å². The second-order valence-corrected chi connectivity index (χ2v) is 8.27. The van der Waals surface area contributed by atoms with Crippen LogP contribution < -0.4 is 24.4 Å². The normalized spacial score (nSPS) is 15.7. The maximum Gasteiger partial charge on any atom is 0.261 e. The van der Waals surface area contributed by atoms with Crippen LogP contribution in [0.15, 0.2) is 54.6 Å². The van der Waals surface area contributed by atoms with Crippen LogP contribution in [-0.4, -0.2) is 32.3 Å². The molecule has 2 aliphatic heterocycles. The van der Waals surface area contributed by atoms with Crippen molar-refractivity contribution in [1.82, 2.24) is 5.32 Å². The molecule has 0 aliphatic carbocycles. The maximum absolute atomic E-state index is 12.9. The summed E-state index contributed by atoms with van der Waals surface area (Å²) in [5, 5.41) is 4.12. The Labute approximate surface area is 179 Å². The van der Waals surface area contributed by atoms with Gasteiger partial charge in [-0.1, -0.05) is 18.2 Å². The van der Waals surface area contributed by atoms with Crippen LogP contribution in [0, 0.1) is 0 Å². The standard InChI is InChI=1S/C23H22N2O4S/c1-15(16-6-7-19-20(14-16)29-13-12-28-19)24-23(26)21-8-9-22(30-21)25-10-11-27-18-5-3-2-4-17(18)25/h2-9,14-15H,10-13H2,1H3,(H,24,26)/t15-/m0/s1. The topological polar surface area (TPSA) is 60.0 Å². The highest BCUT2D eigenvalue weighted by Crippen LogP contribution is 2.39. The van der Waals surface area contributed by atoms with Crippen LogP contribution in [0.2, 0.25) is 0 Å². The maximum atomic E-state index is 12.9. The Morgan fingerprint density at radius 1 is 0.967 bits per heavy atom. The van der Waals surface area contributed by atoms with Gasteiger partial charge in [0, 0.05) is 0 Å². The van der Waals surface area contributed by atoms with Crippen molar-refractivity contribution < 1.29 is 19.0 Å². The van der Waals surface area contributed by atoms with Crippen molar-refractivity contribution in [1.29, 1.82) is 0 Å². The highest BCUT2D eigenvalue weighted by atomic mass is 32.1. The van der Waals surface area contributed by atoms with Gasteiger partial charge >= 0.3 is 0 Å². The predicted octanol–water partition coefficient (Wildman–Crippen LogP) is 4.54. The summed E-state index contributed by atoms with van der Waals surface area (Å²) in [5.74, 6) is 2.26. The number of carbonyl (C=O) groups is 1. The van der Waals surface area contributed by atoms with E-state index in [0.717, 1.165) is 40.0 Å². The third-order valence-corrected chi connectivity index (χ3v) is 6.33. The van der Waals surface area contributed by atoms with Crippen molar-refractivity contribution in [3.05, 3.63) is 65.0 Å². The van der Waals surface area contributed by atoms with Gasteiger partial charge in [0.05, 0.1) is 28.2 Å². The van der Waals surface area contributed by atoms with E-state index in [2.05, 4.69) is 10.2 Å². The monoisotopic (exact) mass is 422 g/mol. The largest absolute Gasteiger partial charge is 0.490 e. The van der Waals surface area contributed by atoms with Gasteiger partial charge in [0.1, 0.15) is 25.6 Å². The first kappa shape index (κ1) is 18.8. The Bertz CT molecular complexity index is 1080. The molecule has 1 aromatic heterocycles. The number of thiophene rings is 1. The lowest BCUT2D eigenvalue weighted by molar-refractivity contribution is 0.0944. The number of rotatable bonds is 4. The van der Waals surface area contributed by atoms with Crippen LogP contribution in [0.4, 0.5) is 10.7 Å². The van der Waals surface area contributed by atoms with Gasteiger partial charge in [0.15, 0.2) is 11.5 Å². The second kappa shape index (κ2) is 7.91. The van der Waals surface area contributed by atoms with Crippen LogP contribution in [0.25, 0.3) is 0 Å². The Morgan fingerprint density at radius 3 is 2.67 bits per heavy atom. The molecule has 6 nitrogen and oxygen atoms in total. The van der Waals surface area contributed by atoms with Crippen molar-refractivity contribution in [3.8, 4) is 17.2 Å². The first-order chi connectivity index (χ1) is 14.7. The van der Waals surface area contributed by atoms with Crippen molar-refractivity contribution in [2.24, 2.45) is 0 Å². The number of amides is 1. The van der Waals surface area contributed by atoms with E-state index in [4.69, 9.17) is 14.2 Å². The average molecular weight is 423 g/mol. The van der Waals surface area contributed by atoms with Crippen molar-refractivity contribution in [3.63, 3.8) is 0 Å². The van der Waals surface area contributed by atoms with E-state index in [1.165, 1.54) is 11.3 Å². The molecule has 3 heterocycles. The van der Waals surface area contributed by atoms with Gasteiger partial charge in [-0.2, -0.15) is 0 Å². The van der Waals surface area contributed by atoms with Gasteiger partial charge in [-0.05, 0) is 48.9 Å². The molecule has 0 saturated carbocycles. The molecule has 0 radical (unpaired) electrons. The first-order valence-electron chi connectivity index (χ1n) is 9.98. The second-order valence-electron chi connectivity index (χ2n) is 7.20. The van der Waals surface area contributed by atoms with Crippen LogP contribution >= 0.6 is 11.3 Å². The van der Waals surface area contributed by atoms with E-state index in [1.807, 2.05) is 61.5 Å². The third kappa shape index (κ3) is 3.57. The molecular weight excluding hydrogens is 400 g/mol. The summed E-state index contributed by atoms with van der Waals surface area (Å²) in [6.45, 7) is 4.45. The third-order valence-electron chi connectivity index (χ3n) is 5.22. The molecule has 30 heavy (non-hydrogen) atoms. The van der Waals surface area contributed by atoms with Crippen molar-refractivity contribution in [2.45, 2.75) is 13.0 Å². The predicted molar refractivity (Wildman–Crippen MR) is 117 cm³/mol. The van der Waals surface area contributed by atoms with Crippen LogP contribution in [0.3, 0.4) is 0 Å². The molecule has 0 saturated heterocycles. The molecule has 0 unspecified atom stereocenters. The van der Waals surface area contributed by atoms with E-state index in [9.17, 15) is 4.79 Å². The number of carbonyl (C=O) groups excluding carboxylic acids is 1. The smallest absolute Gasteiger partial charge is 0.261 e. The summed E-state index contributed by atoms with van der Waals surface area (Å²) in [6.07, 6.45) is 0. The van der Waals surface area contributed by atoms with E-state index in [1.54, 1.807) is 0 Å². The number of benzene rings is 2. The number of hydrogen-bond donors (Lipinski definition) is 1. The van der Waals surface area contributed by atoms with Gasteiger partial charge in [-0.15, -0.1) is 11.3 Å². The summed E-state index contributed by atoms with van der Waals surface area (Å²) in [4.78, 5) is 15.7. The summed E-state index contributed by atoms with van der Waals surface area (Å²) in [7, 11) is 0. The molecule has 154 valence electrons. The lowest BCUT2D eigenvalue weighted by Crippen LogP contribution is -2.28. The van der Waals surface area contributed by atoms with E-state index < -0.39 is 0 Å². The molecule has 7 heteroatoms. The number of anilines is 2. The highest BCUT2D eigenvalue weighted by molar-refractivity contribution is 7.18. The van der Waals surface area contributed by atoms with Gasteiger partial charge in [-0.25, -0.2) is 0 Å². The zero-order valence-electron chi connectivity index (χ0n) is 16.6. The molecule has 5 rings (SSSR count). The molecule has 1 amide bonds. The minimum absolute atomic E-state index is 0.0878. The molecule has 1 atom stereocenters. The van der Waals surface area contributed by atoms with Crippen molar-refractivity contribution >= 4 is 27.9 Å². The molecule has 0 bridgehead atoms. The summed E-state index contributed by atoms with van der Waals surface area (Å²) in [6, 6.07) is 17.5. The van der Waals surface area contributed by atoms with Crippen LogP contribution in [0.5, 0.6) is 17.2 Å². The number of nitrogens with one attached hydrogen (secondary N) is 1. The van der Waals surface area contributed by atoms with Gasteiger partial charge in [0.25, 0.3) is 5.91 Å². The Morgan fingerprint density at radius 2 is 1.77 bits per heavy atom. The highest BCUT2D eigenvalue weighted by Gasteiger charge is 2.22. The Balaban J connectivity index is 1.30. The number of nitrogens with zero attached hydrogens (tertiary/aromatic N) is 1. The quantitative estimate of drug-likeness (QED) is 0.669. The number of ether oxygens (including phenoxy) is 3. The minimum Gasteiger partial charge on any atom is -0.490 e. The molecule has 2 aromatic carbocycles. The Kier molecular flexibility index (Phi) is 4.96. The number of fused-ring (bicyclic) bond motifs is 2. The molecule has 3 aromatic rings. The number of para-hydroxylation sites is 2. The number of hydrogen-bond acceptors (Lipinski definition) is 6. The SMILES string of the molecule is C[C@H](NC(=O)c1ccc(N2CCOc3ccccc32)s1)c1ccc2c(c1)OCCO2. The lowest BCUT2D eigenvalue weighted by Gasteiger charge is -2.29. The van der Waals surface area contributed by atoms with E-state index >= 15 is 0 Å². The fourth-order valence-corrected chi connectivity index (χ4v) is 4.62. The Hall–Kier alpha value is -3.19. The first-order valence-corrected chi connectivity index (χ1v) is 10.8.